The molecule has 6 heteroatoms. The van der Waals surface area contributed by atoms with Crippen molar-refractivity contribution < 1.29 is 28.6 Å². The molecular formula is C59H102O6. The number of carbonyl (C=O) groups is 3. The lowest BCUT2D eigenvalue weighted by molar-refractivity contribution is -0.167. The zero-order valence-corrected chi connectivity index (χ0v) is 42.7. The molecule has 0 aromatic carbocycles. The van der Waals surface area contributed by atoms with Gasteiger partial charge in [-0.1, -0.05) is 235 Å². The van der Waals surface area contributed by atoms with Crippen molar-refractivity contribution in [3.63, 3.8) is 0 Å². The minimum absolute atomic E-state index is 0.0919. The van der Waals surface area contributed by atoms with Crippen LogP contribution in [0, 0.1) is 0 Å². The van der Waals surface area contributed by atoms with Crippen molar-refractivity contribution in [1.82, 2.24) is 0 Å². The summed E-state index contributed by atoms with van der Waals surface area (Å²) in [5.41, 5.74) is 0. The van der Waals surface area contributed by atoms with Gasteiger partial charge in [-0.2, -0.15) is 0 Å². The van der Waals surface area contributed by atoms with Crippen molar-refractivity contribution in [2.45, 2.75) is 271 Å². The van der Waals surface area contributed by atoms with E-state index in [-0.39, 0.29) is 37.5 Å². The van der Waals surface area contributed by atoms with Crippen LogP contribution in [0.25, 0.3) is 0 Å². The van der Waals surface area contributed by atoms with E-state index in [1.165, 1.54) is 141 Å². The minimum atomic E-state index is -0.797. The number of carbonyl (C=O) groups excluding carboxylic acids is 3. The third-order valence-electron chi connectivity index (χ3n) is 11.7. The number of esters is 3. The van der Waals surface area contributed by atoms with Gasteiger partial charge in [0.25, 0.3) is 0 Å². The normalized spacial score (nSPS) is 12.6. The Morgan fingerprint density at radius 3 is 1.02 bits per heavy atom. The van der Waals surface area contributed by atoms with E-state index in [0.29, 0.717) is 19.3 Å². The lowest BCUT2D eigenvalue weighted by atomic mass is 10.1. The van der Waals surface area contributed by atoms with E-state index in [0.717, 1.165) is 77.0 Å². The largest absolute Gasteiger partial charge is 0.462 e. The highest BCUT2D eigenvalue weighted by Crippen LogP contribution is 2.15. The summed E-state index contributed by atoms with van der Waals surface area (Å²) in [4.78, 5) is 38.0. The van der Waals surface area contributed by atoms with Crippen LogP contribution in [0.5, 0.6) is 0 Å². The summed E-state index contributed by atoms with van der Waals surface area (Å²) in [5.74, 6) is -0.950. The van der Waals surface area contributed by atoms with Crippen molar-refractivity contribution in [2.75, 3.05) is 13.2 Å². The maximum atomic E-state index is 12.8. The Bertz CT molecular complexity index is 1230. The molecule has 0 bridgehead atoms. The van der Waals surface area contributed by atoms with Crippen LogP contribution < -0.4 is 0 Å². The van der Waals surface area contributed by atoms with Crippen molar-refractivity contribution in [2.24, 2.45) is 0 Å². The van der Waals surface area contributed by atoms with Gasteiger partial charge in [-0.05, 0) is 83.5 Å². The van der Waals surface area contributed by atoms with E-state index >= 15 is 0 Å². The monoisotopic (exact) mass is 907 g/mol. The van der Waals surface area contributed by atoms with Gasteiger partial charge in [0.15, 0.2) is 6.10 Å². The number of ether oxygens (including phenoxy) is 3. The second-order valence-corrected chi connectivity index (χ2v) is 18.1. The summed E-state index contributed by atoms with van der Waals surface area (Å²) in [7, 11) is 0. The van der Waals surface area contributed by atoms with Crippen LogP contribution in [-0.4, -0.2) is 37.2 Å². The Labute approximate surface area is 402 Å². The molecule has 0 fully saturated rings. The molecule has 0 saturated heterocycles. The number of rotatable bonds is 49. The molecule has 0 spiro atoms. The maximum Gasteiger partial charge on any atom is 0.306 e. The predicted molar refractivity (Wildman–Crippen MR) is 279 cm³/mol. The zero-order chi connectivity index (χ0) is 47.2. The number of unbranched alkanes of at least 4 members (excludes halogenated alkanes) is 26. The lowest BCUT2D eigenvalue weighted by Crippen LogP contribution is -2.30. The molecule has 0 aliphatic carbocycles. The Kier molecular flexibility index (Phi) is 50.9. The van der Waals surface area contributed by atoms with E-state index in [2.05, 4.69) is 93.7 Å². The molecule has 374 valence electrons. The number of hydrogen-bond acceptors (Lipinski definition) is 6. The summed E-state index contributed by atoms with van der Waals surface area (Å²) >= 11 is 0. The van der Waals surface area contributed by atoms with Crippen LogP contribution >= 0.6 is 0 Å². The van der Waals surface area contributed by atoms with Crippen molar-refractivity contribution in [1.29, 1.82) is 0 Å². The Balaban J connectivity index is 4.42. The van der Waals surface area contributed by atoms with Gasteiger partial charge >= 0.3 is 17.9 Å². The van der Waals surface area contributed by atoms with E-state index < -0.39 is 6.10 Å². The standard InChI is InChI=1S/C59H102O6/c1-4-7-10-13-16-19-22-24-26-28-29-31-33-35-38-41-44-47-50-53-59(62)65-56(54-63-57(60)51-48-45-42-39-36-21-18-15-12-9-6-3)55-64-58(61)52-49-46-43-40-37-34-32-30-27-25-23-20-17-14-11-8-5-2/h8,11,17,20,24-27,32,34,40,43,56H,4-7,9-10,12-16,18-19,21-23,28-31,33,35-39,41-42,44-55H2,1-3H3/b11-8-,20-17-,26-24-,27-25-,34-32-,43-40-/t56-/m0/s1. The molecule has 0 aromatic heterocycles. The van der Waals surface area contributed by atoms with Gasteiger partial charge in [0.05, 0.1) is 0 Å². The highest BCUT2D eigenvalue weighted by Gasteiger charge is 2.19. The first-order valence-electron chi connectivity index (χ1n) is 27.4. The van der Waals surface area contributed by atoms with E-state index in [4.69, 9.17) is 14.2 Å². The summed E-state index contributed by atoms with van der Waals surface area (Å²) in [6.45, 7) is 6.48. The van der Waals surface area contributed by atoms with Gasteiger partial charge in [0, 0.05) is 19.3 Å². The second kappa shape index (κ2) is 53.5. The summed E-state index contributed by atoms with van der Waals surface area (Å²) in [6.07, 6.45) is 67.5. The predicted octanol–water partition coefficient (Wildman–Crippen LogP) is 18.2. The molecule has 0 amide bonds. The molecule has 65 heavy (non-hydrogen) atoms. The third-order valence-corrected chi connectivity index (χ3v) is 11.7. The Hall–Kier alpha value is -3.15. The van der Waals surface area contributed by atoms with Gasteiger partial charge < -0.3 is 14.2 Å². The van der Waals surface area contributed by atoms with E-state index in [1.807, 2.05) is 0 Å². The van der Waals surface area contributed by atoms with Gasteiger partial charge in [0.2, 0.25) is 0 Å². The van der Waals surface area contributed by atoms with Crippen LogP contribution in [0.3, 0.4) is 0 Å². The van der Waals surface area contributed by atoms with Crippen LogP contribution in [0.1, 0.15) is 265 Å². The summed E-state index contributed by atoms with van der Waals surface area (Å²) in [6, 6.07) is 0. The van der Waals surface area contributed by atoms with Crippen molar-refractivity contribution >= 4 is 17.9 Å². The fourth-order valence-electron chi connectivity index (χ4n) is 7.59. The molecule has 0 radical (unpaired) electrons. The molecule has 0 aliphatic rings. The molecule has 0 unspecified atom stereocenters. The first-order valence-corrected chi connectivity index (χ1v) is 27.4. The molecule has 0 heterocycles. The average molecular weight is 907 g/mol. The van der Waals surface area contributed by atoms with Gasteiger partial charge in [0.1, 0.15) is 13.2 Å². The minimum Gasteiger partial charge on any atom is -0.462 e. The molecular weight excluding hydrogens is 805 g/mol. The third kappa shape index (κ3) is 51.7. The van der Waals surface area contributed by atoms with Crippen molar-refractivity contribution in [3.05, 3.63) is 72.9 Å². The quantitative estimate of drug-likeness (QED) is 0.0262. The topological polar surface area (TPSA) is 78.9 Å². The second-order valence-electron chi connectivity index (χ2n) is 18.1. The SMILES string of the molecule is CC/C=C\C/C=C\C/C=C\C/C=C\C/C=C\CCCC(=O)OC[C@H](COC(=O)CCCCCCCCCCCCC)OC(=O)CCCCCCCCCCC/C=C\CCCCCCCC. The molecule has 6 nitrogen and oxygen atoms in total. The highest BCUT2D eigenvalue weighted by atomic mass is 16.6. The Morgan fingerprint density at radius 2 is 0.615 bits per heavy atom. The van der Waals surface area contributed by atoms with Gasteiger partial charge in [-0.15, -0.1) is 0 Å². The maximum absolute atomic E-state index is 12.8. The summed E-state index contributed by atoms with van der Waals surface area (Å²) in [5, 5.41) is 0. The van der Waals surface area contributed by atoms with E-state index in [1.54, 1.807) is 0 Å². The fourth-order valence-corrected chi connectivity index (χ4v) is 7.59. The van der Waals surface area contributed by atoms with E-state index in [9.17, 15) is 14.4 Å². The molecule has 0 aliphatic heterocycles. The molecule has 0 N–H and O–H groups in total. The summed E-state index contributed by atoms with van der Waals surface area (Å²) < 4.78 is 16.8. The lowest BCUT2D eigenvalue weighted by Gasteiger charge is -2.18. The fraction of sp³-hybridized carbons (Fsp3) is 0.746. The van der Waals surface area contributed by atoms with Crippen LogP contribution in [-0.2, 0) is 28.6 Å². The first kappa shape index (κ1) is 61.9. The average Bonchev–Trinajstić information content (AvgIpc) is 3.30. The molecule has 1 atom stereocenters. The van der Waals surface area contributed by atoms with Crippen LogP contribution in [0.4, 0.5) is 0 Å². The van der Waals surface area contributed by atoms with Crippen LogP contribution in [0.2, 0.25) is 0 Å². The number of allylic oxidation sites excluding steroid dienone is 12. The van der Waals surface area contributed by atoms with Gasteiger partial charge in [-0.25, -0.2) is 0 Å². The number of hydrogen-bond donors (Lipinski definition) is 0. The smallest absolute Gasteiger partial charge is 0.306 e. The molecule has 0 rings (SSSR count). The van der Waals surface area contributed by atoms with Crippen molar-refractivity contribution in [3.8, 4) is 0 Å². The first-order chi connectivity index (χ1) is 32.0. The Morgan fingerprint density at radius 1 is 0.323 bits per heavy atom. The highest BCUT2D eigenvalue weighted by molar-refractivity contribution is 5.71. The van der Waals surface area contributed by atoms with Crippen LogP contribution in [0.15, 0.2) is 72.9 Å². The van der Waals surface area contributed by atoms with Gasteiger partial charge in [-0.3, -0.25) is 14.4 Å². The molecule has 0 saturated carbocycles. The zero-order valence-electron chi connectivity index (χ0n) is 42.7. The molecule has 0 aromatic rings.